The van der Waals surface area contributed by atoms with Gasteiger partial charge in [0.1, 0.15) is 0 Å². The van der Waals surface area contributed by atoms with Crippen LogP contribution in [0.15, 0.2) is 48.5 Å². The lowest BCUT2D eigenvalue weighted by Gasteiger charge is -2.34. The van der Waals surface area contributed by atoms with Crippen molar-refractivity contribution in [3.8, 4) is 0 Å². The number of fused-ring (bicyclic) bond motifs is 2. The molecule has 0 aromatic heterocycles. The van der Waals surface area contributed by atoms with Crippen molar-refractivity contribution in [1.82, 2.24) is 16.0 Å². The van der Waals surface area contributed by atoms with Crippen LogP contribution in [0.4, 0.5) is 0 Å². The third-order valence-corrected chi connectivity index (χ3v) is 4.55. The summed E-state index contributed by atoms with van der Waals surface area (Å²) < 4.78 is 0. The molecule has 0 aliphatic carbocycles. The monoisotopic (exact) mass is 279 g/mol. The topological polar surface area (TPSA) is 36.1 Å². The molecular formula is C18H21N3. The number of hydrogen-bond donors (Lipinski definition) is 3. The number of benzene rings is 2. The Balaban J connectivity index is 1.61. The maximum absolute atomic E-state index is 3.75. The average molecular weight is 279 g/mol. The molecule has 0 radical (unpaired) electrons. The van der Waals surface area contributed by atoms with E-state index in [0.29, 0.717) is 0 Å². The van der Waals surface area contributed by atoms with Gasteiger partial charge in [-0.2, -0.15) is 0 Å². The van der Waals surface area contributed by atoms with Gasteiger partial charge in [-0.3, -0.25) is 16.0 Å². The standard InChI is InChI=1S/C18H21N3/c1-3-7-15-13(5-1)9-11-19-17(15)21-18-16-8-4-2-6-14(16)10-12-20-18/h1-8,17-21H,9-12H2. The van der Waals surface area contributed by atoms with Crippen LogP contribution in [0.3, 0.4) is 0 Å². The molecule has 0 saturated heterocycles. The molecular weight excluding hydrogens is 258 g/mol. The molecule has 2 aliphatic rings. The summed E-state index contributed by atoms with van der Waals surface area (Å²) >= 11 is 0. The van der Waals surface area contributed by atoms with Crippen molar-refractivity contribution in [1.29, 1.82) is 0 Å². The smallest absolute Gasteiger partial charge is 0.0852 e. The summed E-state index contributed by atoms with van der Waals surface area (Å²) in [4.78, 5) is 0. The van der Waals surface area contributed by atoms with Crippen molar-refractivity contribution in [2.24, 2.45) is 0 Å². The molecule has 2 aromatic rings. The minimum Gasteiger partial charge on any atom is -0.298 e. The first-order chi connectivity index (χ1) is 10.4. The molecule has 2 heterocycles. The zero-order valence-electron chi connectivity index (χ0n) is 12.1. The molecule has 21 heavy (non-hydrogen) atoms. The molecule has 3 heteroatoms. The Hall–Kier alpha value is -1.68. The molecule has 0 bridgehead atoms. The summed E-state index contributed by atoms with van der Waals surface area (Å²) in [6.07, 6.45) is 2.67. The largest absolute Gasteiger partial charge is 0.298 e. The first-order valence-corrected chi connectivity index (χ1v) is 7.80. The van der Waals surface area contributed by atoms with Crippen LogP contribution >= 0.6 is 0 Å². The van der Waals surface area contributed by atoms with E-state index in [-0.39, 0.29) is 12.3 Å². The summed E-state index contributed by atoms with van der Waals surface area (Å²) in [5.41, 5.74) is 5.68. The SMILES string of the molecule is c1ccc2c(c1)CCNC2NC1NCCc2ccccc21. The van der Waals surface area contributed by atoms with Crippen LogP contribution in [0.2, 0.25) is 0 Å². The summed E-state index contributed by atoms with van der Waals surface area (Å²) in [6.45, 7) is 2.06. The summed E-state index contributed by atoms with van der Waals surface area (Å²) in [6, 6.07) is 17.5. The molecule has 3 nitrogen and oxygen atoms in total. The van der Waals surface area contributed by atoms with Crippen LogP contribution in [0.1, 0.15) is 34.6 Å². The molecule has 108 valence electrons. The van der Waals surface area contributed by atoms with Crippen LogP contribution in [-0.2, 0) is 12.8 Å². The van der Waals surface area contributed by atoms with Crippen LogP contribution < -0.4 is 16.0 Å². The second kappa shape index (κ2) is 5.60. The van der Waals surface area contributed by atoms with E-state index in [1.54, 1.807) is 0 Å². The van der Waals surface area contributed by atoms with Crippen molar-refractivity contribution in [3.63, 3.8) is 0 Å². The second-order valence-corrected chi connectivity index (χ2v) is 5.84. The minimum atomic E-state index is 0.221. The molecule has 2 aromatic carbocycles. The minimum absolute atomic E-state index is 0.221. The Bertz CT molecular complexity index is 582. The molecule has 3 N–H and O–H groups in total. The Morgan fingerprint density at radius 1 is 0.714 bits per heavy atom. The lowest BCUT2D eigenvalue weighted by atomic mass is 9.96. The molecule has 0 saturated carbocycles. The predicted molar refractivity (Wildman–Crippen MR) is 84.9 cm³/mol. The molecule has 0 spiro atoms. The molecule has 2 unspecified atom stereocenters. The van der Waals surface area contributed by atoms with E-state index >= 15 is 0 Å². The van der Waals surface area contributed by atoms with Crippen LogP contribution in [0.25, 0.3) is 0 Å². The van der Waals surface area contributed by atoms with Gasteiger partial charge in [0.05, 0.1) is 12.3 Å². The lowest BCUT2D eigenvalue weighted by Crippen LogP contribution is -2.47. The highest BCUT2D eigenvalue weighted by Gasteiger charge is 2.25. The van der Waals surface area contributed by atoms with Gasteiger partial charge in [-0.15, -0.1) is 0 Å². The second-order valence-electron chi connectivity index (χ2n) is 5.84. The van der Waals surface area contributed by atoms with E-state index in [1.165, 1.54) is 22.3 Å². The maximum Gasteiger partial charge on any atom is 0.0852 e. The fourth-order valence-electron chi connectivity index (χ4n) is 3.47. The third kappa shape index (κ3) is 2.48. The van der Waals surface area contributed by atoms with E-state index in [1.807, 2.05) is 0 Å². The van der Waals surface area contributed by atoms with Gasteiger partial charge in [0.25, 0.3) is 0 Å². The van der Waals surface area contributed by atoms with Crippen LogP contribution in [-0.4, -0.2) is 13.1 Å². The summed E-state index contributed by atoms with van der Waals surface area (Å²) in [5.74, 6) is 0. The number of rotatable bonds is 2. The van der Waals surface area contributed by atoms with Crippen molar-refractivity contribution in [2.45, 2.75) is 25.2 Å². The molecule has 2 aliphatic heterocycles. The molecule has 4 rings (SSSR count). The maximum atomic E-state index is 3.75. The van der Waals surface area contributed by atoms with E-state index in [4.69, 9.17) is 0 Å². The van der Waals surface area contributed by atoms with E-state index in [0.717, 1.165) is 25.9 Å². The highest BCUT2D eigenvalue weighted by Crippen LogP contribution is 2.26. The first-order valence-electron chi connectivity index (χ1n) is 7.80. The first kappa shape index (κ1) is 13.0. The van der Waals surface area contributed by atoms with Gasteiger partial charge in [-0.25, -0.2) is 0 Å². The summed E-state index contributed by atoms with van der Waals surface area (Å²) in [7, 11) is 0. The Morgan fingerprint density at radius 3 is 1.71 bits per heavy atom. The quantitative estimate of drug-likeness (QED) is 0.789. The van der Waals surface area contributed by atoms with E-state index in [9.17, 15) is 0 Å². The van der Waals surface area contributed by atoms with Gasteiger partial charge < -0.3 is 0 Å². The third-order valence-electron chi connectivity index (χ3n) is 4.55. The number of nitrogens with one attached hydrogen (secondary N) is 3. The van der Waals surface area contributed by atoms with Crippen molar-refractivity contribution in [3.05, 3.63) is 70.8 Å². The van der Waals surface area contributed by atoms with Gasteiger partial charge in [0.2, 0.25) is 0 Å². The van der Waals surface area contributed by atoms with Crippen molar-refractivity contribution >= 4 is 0 Å². The van der Waals surface area contributed by atoms with E-state index < -0.39 is 0 Å². The highest BCUT2D eigenvalue weighted by molar-refractivity contribution is 5.35. The fraction of sp³-hybridized carbons (Fsp3) is 0.333. The normalized spacial score (nSPS) is 24.2. The zero-order chi connectivity index (χ0) is 14.1. The fourth-order valence-corrected chi connectivity index (χ4v) is 3.47. The summed E-state index contributed by atoms with van der Waals surface area (Å²) in [5, 5.41) is 11.0. The molecule has 0 fully saturated rings. The van der Waals surface area contributed by atoms with Gasteiger partial charge in [0, 0.05) is 13.1 Å². The lowest BCUT2D eigenvalue weighted by molar-refractivity contribution is 0.323. The predicted octanol–water partition coefficient (Wildman–Crippen LogP) is 2.26. The van der Waals surface area contributed by atoms with Gasteiger partial charge in [0.15, 0.2) is 0 Å². The molecule has 0 amide bonds. The van der Waals surface area contributed by atoms with Gasteiger partial charge >= 0.3 is 0 Å². The Labute approximate surface area is 125 Å². The highest BCUT2D eigenvalue weighted by atomic mass is 15.2. The number of hydrogen-bond acceptors (Lipinski definition) is 3. The van der Waals surface area contributed by atoms with Crippen molar-refractivity contribution < 1.29 is 0 Å². The van der Waals surface area contributed by atoms with Gasteiger partial charge in [-0.1, -0.05) is 48.5 Å². The molecule has 2 atom stereocenters. The van der Waals surface area contributed by atoms with Crippen LogP contribution in [0, 0.1) is 0 Å². The zero-order valence-corrected chi connectivity index (χ0v) is 12.1. The Kier molecular flexibility index (Phi) is 3.47. The van der Waals surface area contributed by atoms with E-state index in [2.05, 4.69) is 64.5 Å². The van der Waals surface area contributed by atoms with Crippen LogP contribution in [0.5, 0.6) is 0 Å². The Morgan fingerprint density at radius 2 is 1.19 bits per heavy atom. The van der Waals surface area contributed by atoms with Crippen molar-refractivity contribution in [2.75, 3.05) is 13.1 Å². The average Bonchev–Trinajstić information content (AvgIpc) is 2.56. The van der Waals surface area contributed by atoms with Gasteiger partial charge in [-0.05, 0) is 35.1 Å².